The Morgan fingerprint density at radius 2 is 1.10 bits per heavy atom. The standard InChI is InChI=1S/CH2O.Na.H2O4S.H2O2.H/c1-2;;1-5(2,3)4;1-2;/h1H2;;(H2,1,2,3,4);1-2H;/q;+1;;;-1. The van der Waals surface area contributed by atoms with Crippen LogP contribution in [0, 0.1) is 0 Å². The maximum atomic E-state index is 8.74. The van der Waals surface area contributed by atoms with E-state index in [2.05, 4.69) is 0 Å². The molecule has 0 aliphatic heterocycles. The number of hydrogen-bond acceptors (Lipinski definition) is 5. The van der Waals surface area contributed by atoms with Gasteiger partial charge in [-0.1, -0.05) is 0 Å². The van der Waals surface area contributed by atoms with Crippen molar-refractivity contribution in [1.82, 2.24) is 0 Å². The molecule has 0 rings (SSSR count). The van der Waals surface area contributed by atoms with E-state index in [0.717, 1.165) is 0 Å². The van der Waals surface area contributed by atoms with Gasteiger partial charge in [0.25, 0.3) is 0 Å². The van der Waals surface area contributed by atoms with Crippen LogP contribution in [0.15, 0.2) is 0 Å². The third-order valence-electron chi connectivity index (χ3n) is 0. The van der Waals surface area contributed by atoms with E-state index in [-0.39, 0.29) is 31.0 Å². The summed E-state index contributed by atoms with van der Waals surface area (Å²) in [5, 5.41) is 12.0. The largest absolute Gasteiger partial charge is 1.00 e. The Morgan fingerprint density at radius 1 is 1.10 bits per heavy atom. The third kappa shape index (κ3) is 2230. The molecule has 0 bridgehead atoms. The summed E-state index contributed by atoms with van der Waals surface area (Å²) >= 11 is 0. The van der Waals surface area contributed by atoms with E-state index in [1.54, 1.807) is 0 Å². The molecule has 0 amide bonds. The van der Waals surface area contributed by atoms with Crippen LogP contribution >= 0.6 is 0 Å². The van der Waals surface area contributed by atoms with E-state index >= 15 is 0 Å². The Hall–Kier alpha value is 0.460. The van der Waals surface area contributed by atoms with Gasteiger partial charge in [0.1, 0.15) is 6.79 Å². The molecule has 0 unspecified atom stereocenters. The SMILES string of the molecule is C=O.O=S(=O)(O)O.OO.[H-].[Na+]. The van der Waals surface area contributed by atoms with Crippen LogP contribution in [0.1, 0.15) is 1.43 Å². The summed E-state index contributed by atoms with van der Waals surface area (Å²) < 4.78 is 31.6. The normalized spacial score (nSPS) is 6.80. The summed E-state index contributed by atoms with van der Waals surface area (Å²) in [5.74, 6) is 0. The average Bonchev–Trinajstić information content (AvgIpc) is 1.72. The Morgan fingerprint density at radius 3 is 1.10 bits per heavy atom. The molecule has 0 radical (unpaired) electrons. The molecule has 9 heteroatoms. The zero-order valence-electron chi connectivity index (χ0n) is 6.13. The zero-order chi connectivity index (χ0) is 8.50. The summed E-state index contributed by atoms with van der Waals surface area (Å²) in [6.07, 6.45) is 0. The fraction of sp³-hybridized carbons (Fsp3) is 0. The molecule has 0 saturated heterocycles. The van der Waals surface area contributed by atoms with Crippen molar-refractivity contribution in [1.29, 1.82) is 0 Å². The van der Waals surface area contributed by atoms with Gasteiger partial charge in [0.15, 0.2) is 0 Å². The van der Waals surface area contributed by atoms with Gasteiger partial charge in [0.05, 0.1) is 0 Å². The second-order valence-corrected chi connectivity index (χ2v) is 1.34. The minimum absolute atomic E-state index is 0. The third-order valence-corrected chi connectivity index (χ3v) is 0. The summed E-state index contributed by atoms with van der Waals surface area (Å²) in [6.45, 7) is 2.00. The first kappa shape index (κ1) is 22.4. The first-order valence-electron chi connectivity index (χ1n) is 1.19. The van der Waals surface area contributed by atoms with E-state index in [9.17, 15) is 0 Å². The summed E-state index contributed by atoms with van der Waals surface area (Å²) in [4.78, 5) is 8.00. The Labute approximate surface area is 81.0 Å². The molecule has 0 saturated carbocycles. The maximum Gasteiger partial charge on any atom is 1.00 e. The molecule has 4 N–H and O–H groups in total. The predicted molar refractivity (Wildman–Crippen MR) is 27.7 cm³/mol. The average molecular weight is 186 g/mol. The van der Waals surface area contributed by atoms with E-state index in [4.69, 9.17) is 32.8 Å². The van der Waals surface area contributed by atoms with Gasteiger partial charge in [-0.05, 0) is 0 Å². The molecular formula is CH7NaO7S. The molecular weight excluding hydrogens is 179 g/mol. The zero-order valence-corrected chi connectivity index (χ0v) is 7.95. The molecule has 0 fully saturated rings. The first-order valence-corrected chi connectivity index (χ1v) is 2.58. The van der Waals surface area contributed by atoms with Crippen molar-refractivity contribution >= 4 is 17.2 Å². The van der Waals surface area contributed by atoms with Crippen molar-refractivity contribution < 1.29 is 63.8 Å². The van der Waals surface area contributed by atoms with Gasteiger partial charge in [-0.25, -0.2) is 0 Å². The van der Waals surface area contributed by atoms with Crippen molar-refractivity contribution in [3.05, 3.63) is 0 Å². The van der Waals surface area contributed by atoms with E-state index < -0.39 is 10.4 Å². The molecule has 0 spiro atoms. The van der Waals surface area contributed by atoms with Crippen LogP contribution in [0.4, 0.5) is 0 Å². The topological polar surface area (TPSA) is 132 Å². The molecule has 0 aliphatic rings. The van der Waals surface area contributed by atoms with Crippen LogP contribution in [-0.4, -0.2) is 34.8 Å². The summed E-state index contributed by atoms with van der Waals surface area (Å²) in [7, 11) is -4.67. The van der Waals surface area contributed by atoms with Gasteiger partial charge < -0.3 is 6.22 Å². The van der Waals surface area contributed by atoms with Crippen molar-refractivity contribution in [2.24, 2.45) is 0 Å². The molecule has 7 nitrogen and oxygen atoms in total. The maximum absolute atomic E-state index is 8.74. The first-order chi connectivity index (χ1) is 4.00. The number of carbonyl (C=O) groups excluding carboxylic acids is 1. The minimum Gasteiger partial charge on any atom is -1.00 e. The van der Waals surface area contributed by atoms with Gasteiger partial charge >= 0.3 is 40.0 Å². The summed E-state index contributed by atoms with van der Waals surface area (Å²) in [6, 6.07) is 0. The molecule has 60 valence electrons. The second kappa shape index (κ2) is 16.2. The van der Waals surface area contributed by atoms with Crippen LogP contribution in [-0.2, 0) is 15.2 Å². The number of rotatable bonds is 0. The Bertz CT molecular complexity index is 112. The number of hydrogen-bond donors (Lipinski definition) is 4. The van der Waals surface area contributed by atoms with Gasteiger partial charge in [-0.3, -0.25) is 19.6 Å². The van der Waals surface area contributed by atoms with Crippen molar-refractivity contribution in [2.45, 2.75) is 0 Å². The van der Waals surface area contributed by atoms with Crippen LogP contribution in [0.2, 0.25) is 0 Å². The molecule has 0 aromatic carbocycles. The van der Waals surface area contributed by atoms with Crippen LogP contribution in [0.25, 0.3) is 0 Å². The van der Waals surface area contributed by atoms with Crippen LogP contribution in [0.3, 0.4) is 0 Å². The van der Waals surface area contributed by atoms with Gasteiger partial charge in [0, 0.05) is 0 Å². The van der Waals surface area contributed by atoms with Crippen molar-refractivity contribution in [3.63, 3.8) is 0 Å². The molecule has 10 heavy (non-hydrogen) atoms. The molecule has 0 heterocycles. The Balaban J connectivity index is -0.0000000178. The minimum atomic E-state index is -4.67. The Kier molecular flexibility index (Phi) is 36.4. The quantitative estimate of drug-likeness (QED) is 0.132. The van der Waals surface area contributed by atoms with E-state index in [1.807, 2.05) is 6.79 Å². The number of carbonyl (C=O) groups is 1. The van der Waals surface area contributed by atoms with E-state index in [1.165, 1.54) is 0 Å². The summed E-state index contributed by atoms with van der Waals surface area (Å²) in [5.41, 5.74) is 0. The molecule has 0 atom stereocenters. The van der Waals surface area contributed by atoms with Gasteiger partial charge in [0.2, 0.25) is 0 Å². The smallest absolute Gasteiger partial charge is 1.00 e. The molecule has 0 aromatic rings. The monoisotopic (exact) mass is 186 g/mol. The van der Waals surface area contributed by atoms with Crippen molar-refractivity contribution in [3.8, 4) is 0 Å². The van der Waals surface area contributed by atoms with Crippen LogP contribution in [0.5, 0.6) is 0 Å². The fourth-order valence-corrected chi connectivity index (χ4v) is 0. The van der Waals surface area contributed by atoms with Crippen LogP contribution < -0.4 is 29.6 Å². The van der Waals surface area contributed by atoms with E-state index in [0.29, 0.717) is 0 Å². The van der Waals surface area contributed by atoms with Gasteiger partial charge in [-0.15, -0.1) is 0 Å². The van der Waals surface area contributed by atoms with Gasteiger partial charge in [-0.2, -0.15) is 8.42 Å². The van der Waals surface area contributed by atoms with Crippen molar-refractivity contribution in [2.75, 3.05) is 0 Å². The fourth-order valence-electron chi connectivity index (χ4n) is 0. The second-order valence-electron chi connectivity index (χ2n) is 0.448. The molecule has 0 aromatic heterocycles. The molecule has 0 aliphatic carbocycles. The predicted octanol–water partition coefficient (Wildman–Crippen LogP) is -3.70.